The Hall–Kier alpha value is -0.440. The fourth-order valence-corrected chi connectivity index (χ4v) is 5.26. The number of cyclic esters (lactones) is 2. The van der Waals surface area contributed by atoms with E-state index in [1.54, 1.807) is 0 Å². The van der Waals surface area contributed by atoms with Crippen molar-refractivity contribution in [2.45, 2.75) is 57.2 Å². The Balaban J connectivity index is 1.46. The minimum Gasteiger partial charge on any atom is -0.616 e. The van der Waals surface area contributed by atoms with Crippen LogP contribution in [0, 0.1) is 0 Å². The number of esters is 2. The summed E-state index contributed by atoms with van der Waals surface area (Å²) in [6.07, 6.45) is 4.19. The van der Waals surface area contributed by atoms with Crippen LogP contribution in [-0.4, -0.2) is 56.3 Å². The van der Waals surface area contributed by atoms with Crippen LogP contribution in [0.15, 0.2) is 0 Å². The maximum atomic E-state index is 11.9. The van der Waals surface area contributed by atoms with E-state index in [1.165, 1.54) is 0 Å². The van der Waals surface area contributed by atoms with Crippen LogP contribution in [0.4, 0.5) is 0 Å². The molecule has 6 nitrogen and oxygen atoms in total. The summed E-state index contributed by atoms with van der Waals surface area (Å²) in [7, 11) is 0. The van der Waals surface area contributed by atoms with Crippen molar-refractivity contribution in [3.63, 3.8) is 0 Å². The molecule has 2 aliphatic heterocycles. The van der Waals surface area contributed by atoms with E-state index in [9.17, 15) is 18.7 Å². The van der Waals surface area contributed by atoms with Crippen molar-refractivity contribution in [3.05, 3.63) is 0 Å². The van der Waals surface area contributed by atoms with Crippen LogP contribution in [0.25, 0.3) is 0 Å². The van der Waals surface area contributed by atoms with Gasteiger partial charge in [0.15, 0.2) is 0 Å². The van der Waals surface area contributed by atoms with Gasteiger partial charge in [-0.25, -0.2) is 0 Å². The quantitative estimate of drug-likeness (QED) is 0.425. The fraction of sp³-hybridized carbons (Fsp3) is 0.867. The van der Waals surface area contributed by atoms with Gasteiger partial charge in [0, 0.05) is 32.1 Å². The minimum atomic E-state index is -0.949. The molecule has 0 spiro atoms. The van der Waals surface area contributed by atoms with Crippen molar-refractivity contribution in [3.8, 4) is 0 Å². The molecule has 132 valence electrons. The lowest BCUT2D eigenvalue weighted by molar-refractivity contribution is -0.142. The van der Waals surface area contributed by atoms with Gasteiger partial charge in [-0.2, -0.15) is 0 Å². The van der Waals surface area contributed by atoms with E-state index in [2.05, 4.69) is 0 Å². The Morgan fingerprint density at radius 1 is 0.826 bits per heavy atom. The first-order valence-electron chi connectivity index (χ1n) is 8.12. The summed E-state index contributed by atoms with van der Waals surface area (Å²) in [5.74, 6) is 1.80. The van der Waals surface area contributed by atoms with Crippen molar-refractivity contribution in [1.29, 1.82) is 0 Å². The second kappa shape index (κ2) is 9.76. The van der Waals surface area contributed by atoms with Crippen LogP contribution in [-0.2, 0) is 41.4 Å². The second-order valence-electron chi connectivity index (χ2n) is 5.93. The van der Waals surface area contributed by atoms with Crippen LogP contribution in [0.3, 0.4) is 0 Å². The van der Waals surface area contributed by atoms with Crippen molar-refractivity contribution < 1.29 is 28.2 Å². The van der Waals surface area contributed by atoms with Gasteiger partial charge < -0.3 is 18.6 Å². The number of carbonyl (C=O) groups excluding carboxylic acids is 2. The molecule has 0 aromatic carbocycles. The monoisotopic (exact) mass is 364 g/mol. The highest BCUT2D eigenvalue weighted by Gasteiger charge is 2.26. The van der Waals surface area contributed by atoms with E-state index in [4.69, 9.17) is 9.47 Å². The predicted octanol–water partition coefficient (Wildman–Crippen LogP) is 1.07. The van der Waals surface area contributed by atoms with Crippen molar-refractivity contribution in [1.82, 2.24) is 0 Å². The third-order valence-electron chi connectivity index (χ3n) is 4.02. The molecule has 0 N–H and O–H groups in total. The third-order valence-corrected chi connectivity index (χ3v) is 6.89. The highest BCUT2D eigenvalue weighted by molar-refractivity contribution is 7.92. The largest absolute Gasteiger partial charge is 0.616 e. The Bertz CT molecular complexity index is 369. The zero-order chi connectivity index (χ0) is 16.7. The zero-order valence-corrected chi connectivity index (χ0v) is 14.8. The van der Waals surface area contributed by atoms with Gasteiger partial charge in [-0.15, -0.1) is 0 Å². The fourth-order valence-electron chi connectivity index (χ4n) is 2.68. The normalized spacial score (nSPS) is 26.9. The highest BCUT2D eigenvalue weighted by Crippen LogP contribution is 2.19. The molecule has 0 radical (unpaired) electrons. The topological polar surface area (TPSA) is 98.7 Å². The number of rotatable bonds is 10. The molecule has 0 aromatic heterocycles. The third kappa shape index (κ3) is 7.32. The van der Waals surface area contributed by atoms with Crippen LogP contribution >= 0.6 is 0 Å². The Kier molecular flexibility index (Phi) is 8.02. The molecule has 2 aliphatic rings. The predicted molar refractivity (Wildman–Crippen MR) is 87.8 cm³/mol. The molecule has 0 aliphatic carbocycles. The summed E-state index contributed by atoms with van der Waals surface area (Å²) in [5.41, 5.74) is 0. The molecule has 0 amide bonds. The molecule has 23 heavy (non-hydrogen) atoms. The van der Waals surface area contributed by atoms with Crippen LogP contribution in [0.1, 0.15) is 44.9 Å². The first-order chi connectivity index (χ1) is 11.0. The number of hydrogen-bond donors (Lipinski definition) is 0. The van der Waals surface area contributed by atoms with E-state index in [-0.39, 0.29) is 24.1 Å². The maximum Gasteiger partial charge on any atom is 0.306 e. The molecule has 2 rings (SSSR count). The summed E-state index contributed by atoms with van der Waals surface area (Å²) in [5, 5.41) is 0. The van der Waals surface area contributed by atoms with Crippen LogP contribution in [0.2, 0.25) is 0 Å². The molecular weight excluding hydrogens is 340 g/mol. The zero-order valence-electron chi connectivity index (χ0n) is 13.2. The van der Waals surface area contributed by atoms with Gasteiger partial charge in [-0.3, -0.25) is 9.59 Å². The number of ether oxygens (including phenoxy) is 2. The number of hydrogen-bond acceptors (Lipinski definition) is 6. The Morgan fingerprint density at radius 2 is 1.26 bits per heavy atom. The molecule has 0 bridgehead atoms. The lowest BCUT2D eigenvalue weighted by Gasteiger charge is -2.15. The summed E-state index contributed by atoms with van der Waals surface area (Å²) in [6.45, 7) is 0. The molecule has 4 atom stereocenters. The van der Waals surface area contributed by atoms with Crippen LogP contribution < -0.4 is 0 Å². The van der Waals surface area contributed by atoms with Gasteiger partial charge in [0.25, 0.3) is 0 Å². The molecule has 0 aromatic rings. The van der Waals surface area contributed by atoms with Crippen molar-refractivity contribution in [2.75, 3.05) is 23.0 Å². The first kappa shape index (κ1) is 18.9. The lowest BCUT2D eigenvalue weighted by Crippen LogP contribution is -2.21. The SMILES string of the molecule is O=C1CCC(CC[S+]([O-])CCC[S+]([O-])CCC2CCC(=O)O2)O1. The van der Waals surface area contributed by atoms with Crippen LogP contribution in [0.5, 0.6) is 0 Å². The highest BCUT2D eigenvalue weighted by atomic mass is 32.2. The molecule has 8 heteroatoms. The Morgan fingerprint density at radius 3 is 1.61 bits per heavy atom. The summed E-state index contributed by atoms with van der Waals surface area (Å²) < 4.78 is 33.9. The standard InChI is InChI=1S/C15H24O6S2/c16-14-4-2-12(20-14)6-10-22(18)8-1-9-23(19)11-7-13-3-5-15(17)21-13/h12-13H,1-11H2. The molecule has 2 heterocycles. The summed E-state index contributed by atoms with van der Waals surface area (Å²) in [4.78, 5) is 21.9. The molecule has 2 fully saturated rings. The van der Waals surface area contributed by atoms with Gasteiger partial charge in [-0.05, 0) is 12.8 Å². The van der Waals surface area contributed by atoms with Gasteiger partial charge in [-0.1, -0.05) is 22.4 Å². The van der Waals surface area contributed by atoms with E-state index >= 15 is 0 Å². The van der Waals surface area contributed by atoms with Gasteiger partial charge in [0.2, 0.25) is 0 Å². The Labute approximate surface area is 143 Å². The van der Waals surface area contributed by atoms with Crippen molar-refractivity contribution >= 4 is 34.3 Å². The second-order valence-corrected chi connectivity index (χ2v) is 9.32. The molecule has 2 saturated heterocycles. The first-order valence-corrected chi connectivity index (χ1v) is 11.1. The maximum absolute atomic E-state index is 11.9. The van der Waals surface area contributed by atoms with Gasteiger partial charge >= 0.3 is 11.9 Å². The minimum absolute atomic E-state index is 0.0743. The summed E-state index contributed by atoms with van der Waals surface area (Å²) in [6, 6.07) is 0. The summed E-state index contributed by atoms with van der Waals surface area (Å²) >= 11 is -1.90. The molecule has 0 saturated carbocycles. The number of carbonyl (C=O) groups is 2. The van der Waals surface area contributed by atoms with Crippen molar-refractivity contribution in [2.24, 2.45) is 0 Å². The van der Waals surface area contributed by atoms with Gasteiger partial charge in [0.1, 0.15) is 35.2 Å². The average molecular weight is 364 g/mol. The smallest absolute Gasteiger partial charge is 0.306 e. The van der Waals surface area contributed by atoms with E-state index in [1.807, 2.05) is 0 Å². The van der Waals surface area contributed by atoms with Gasteiger partial charge in [0.05, 0.1) is 0 Å². The molecule has 4 unspecified atom stereocenters. The van der Waals surface area contributed by atoms with E-state index in [0.29, 0.717) is 55.1 Å². The average Bonchev–Trinajstić information content (AvgIpc) is 3.11. The van der Waals surface area contributed by atoms with E-state index < -0.39 is 22.4 Å². The molecular formula is C15H24O6S2. The lowest BCUT2D eigenvalue weighted by atomic mass is 10.2. The van der Waals surface area contributed by atoms with E-state index in [0.717, 1.165) is 12.8 Å².